The summed E-state index contributed by atoms with van der Waals surface area (Å²) in [5.41, 5.74) is 1.47. The van der Waals surface area contributed by atoms with E-state index in [-0.39, 0.29) is 5.56 Å². The van der Waals surface area contributed by atoms with E-state index in [2.05, 4.69) is 11.7 Å². The van der Waals surface area contributed by atoms with E-state index in [1.165, 1.54) is 0 Å². The van der Waals surface area contributed by atoms with Crippen LogP contribution >= 0.6 is 0 Å². The number of rotatable bonds is 9. The fourth-order valence-electron chi connectivity index (χ4n) is 4.59. The summed E-state index contributed by atoms with van der Waals surface area (Å²) in [6, 6.07) is 21.0. The lowest BCUT2D eigenvalue weighted by Crippen LogP contribution is -2.08. The number of hydrogen-bond donors (Lipinski definition) is 0. The summed E-state index contributed by atoms with van der Waals surface area (Å²) in [6.45, 7) is 2.10. The quantitative estimate of drug-likeness (QED) is 0.132. The van der Waals surface area contributed by atoms with Gasteiger partial charge in [-0.25, -0.2) is 13.2 Å². The first-order valence-corrected chi connectivity index (χ1v) is 11.9. The Morgan fingerprint density at radius 1 is 0.771 bits per heavy atom. The van der Waals surface area contributed by atoms with Crippen LogP contribution in [0.1, 0.15) is 55.8 Å². The third-order valence-corrected chi connectivity index (χ3v) is 6.53. The molecule has 4 rings (SSSR count). The molecular formula is C30H28F4O. The van der Waals surface area contributed by atoms with Crippen LogP contribution in [0.4, 0.5) is 17.6 Å². The molecule has 35 heavy (non-hydrogen) atoms. The highest BCUT2D eigenvalue weighted by atomic mass is 19.2. The van der Waals surface area contributed by atoms with Crippen molar-refractivity contribution in [1.82, 2.24) is 0 Å². The van der Waals surface area contributed by atoms with E-state index >= 15 is 4.39 Å². The molecule has 0 aliphatic rings. The lowest BCUT2D eigenvalue weighted by Gasteiger charge is -2.23. The molecule has 0 N–H and O–H groups in total. The summed E-state index contributed by atoms with van der Waals surface area (Å²) in [5, 5.41) is 2.03. The number of fused-ring (bicyclic) bond motifs is 1. The molecule has 0 aromatic heterocycles. The molecule has 2 unspecified atom stereocenters. The van der Waals surface area contributed by atoms with E-state index < -0.39 is 35.3 Å². The second-order valence-electron chi connectivity index (χ2n) is 8.80. The number of benzene rings is 4. The summed E-state index contributed by atoms with van der Waals surface area (Å²) < 4.78 is 63.5. The number of alkyl halides is 1. The van der Waals surface area contributed by atoms with E-state index in [9.17, 15) is 13.2 Å². The highest BCUT2D eigenvalue weighted by Gasteiger charge is 2.25. The van der Waals surface area contributed by atoms with Crippen LogP contribution < -0.4 is 4.74 Å². The number of unbranched alkanes of at least 4 members (excludes halogenated alkanes) is 2. The normalized spacial score (nSPS) is 13.1. The molecule has 0 bridgehead atoms. The molecule has 0 amide bonds. The molecule has 0 fully saturated rings. The molecule has 1 nitrogen and oxygen atoms in total. The minimum Gasteiger partial charge on any atom is -0.491 e. The number of methoxy groups -OCH3 is 1. The number of halogens is 4. The van der Waals surface area contributed by atoms with Crippen LogP contribution in [0.5, 0.6) is 5.75 Å². The monoisotopic (exact) mass is 480 g/mol. The predicted octanol–water partition coefficient (Wildman–Crippen LogP) is 9.31. The standard InChI is InChI=1S/C30H28F4O/c1-3-4-5-10-24(27(32)23-16-11-19-8-6-7-9-22(19)17-23)20-12-14-21(15-13-20)25-18-26(31)30(35-2)29(34)28(25)33/h6-9,11-18,24,27H,3-5,10H2,1-2H3. The van der Waals surface area contributed by atoms with Gasteiger partial charge in [0.15, 0.2) is 17.4 Å². The second kappa shape index (κ2) is 10.9. The Labute approximate surface area is 203 Å². The first kappa shape index (κ1) is 24.8. The molecule has 0 heterocycles. The molecule has 182 valence electrons. The third-order valence-electron chi connectivity index (χ3n) is 6.53. The molecule has 4 aromatic carbocycles. The Kier molecular flexibility index (Phi) is 7.74. The van der Waals surface area contributed by atoms with Crippen LogP contribution in [-0.2, 0) is 0 Å². The van der Waals surface area contributed by atoms with E-state index in [0.717, 1.165) is 48.8 Å². The van der Waals surface area contributed by atoms with Crippen LogP contribution in [0.25, 0.3) is 21.9 Å². The highest BCUT2D eigenvalue weighted by molar-refractivity contribution is 5.83. The molecule has 0 saturated carbocycles. The van der Waals surface area contributed by atoms with E-state index in [0.29, 0.717) is 17.5 Å². The Hall–Kier alpha value is -3.34. The van der Waals surface area contributed by atoms with Crippen molar-refractivity contribution >= 4 is 10.8 Å². The Balaban J connectivity index is 1.67. The molecular weight excluding hydrogens is 452 g/mol. The maximum absolute atomic E-state index is 15.9. The van der Waals surface area contributed by atoms with Crippen molar-refractivity contribution in [2.45, 2.75) is 44.7 Å². The highest BCUT2D eigenvalue weighted by Crippen LogP contribution is 2.40. The van der Waals surface area contributed by atoms with Gasteiger partial charge in [0.05, 0.1) is 7.11 Å². The van der Waals surface area contributed by atoms with Gasteiger partial charge < -0.3 is 4.74 Å². The van der Waals surface area contributed by atoms with E-state index in [1.807, 2.05) is 42.5 Å². The van der Waals surface area contributed by atoms with E-state index in [1.54, 1.807) is 24.3 Å². The average Bonchev–Trinajstić information content (AvgIpc) is 2.88. The minimum absolute atomic E-state index is 0.207. The van der Waals surface area contributed by atoms with Gasteiger partial charge in [-0.1, -0.05) is 86.8 Å². The van der Waals surface area contributed by atoms with Gasteiger partial charge in [0, 0.05) is 11.5 Å². The van der Waals surface area contributed by atoms with Crippen molar-refractivity contribution in [3.8, 4) is 16.9 Å². The minimum atomic E-state index is -1.37. The van der Waals surface area contributed by atoms with Crippen LogP contribution in [0.2, 0.25) is 0 Å². The number of hydrogen-bond acceptors (Lipinski definition) is 1. The number of ether oxygens (including phenoxy) is 1. The van der Waals surface area contributed by atoms with Crippen molar-refractivity contribution in [2.24, 2.45) is 0 Å². The Morgan fingerprint density at radius 3 is 2.14 bits per heavy atom. The fourth-order valence-corrected chi connectivity index (χ4v) is 4.59. The van der Waals surface area contributed by atoms with Gasteiger partial charge in [0.25, 0.3) is 0 Å². The Morgan fingerprint density at radius 2 is 1.46 bits per heavy atom. The first-order chi connectivity index (χ1) is 16.9. The molecule has 0 radical (unpaired) electrons. The summed E-state index contributed by atoms with van der Waals surface area (Å²) in [5.74, 6) is -4.69. The molecule has 2 atom stereocenters. The van der Waals surface area contributed by atoms with Gasteiger partial charge in [-0.15, -0.1) is 0 Å². The van der Waals surface area contributed by atoms with Crippen LogP contribution in [0.3, 0.4) is 0 Å². The van der Waals surface area contributed by atoms with Gasteiger partial charge in [0.1, 0.15) is 6.17 Å². The van der Waals surface area contributed by atoms with E-state index in [4.69, 9.17) is 0 Å². The van der Waals surface area contributed by atoms with Gasteiger partial charge in [-0.2, -0.15) is 4.39 Å². The average molecular weight is 481 g/mol. The summed E-state index contributed by atoms with van der Waals surface area (Å²) in [7, 11) is 1.08. The second-order valence-corrected chi connectivity index (χ2v) is 8.80. The van der Waals surface area contributed by atoms with Crippen molar-refractivity contribution < 1.29 is 22.3 Å². The van der Waals surface area contributed by atoms with Crippen molar-refractivity contribution in [1.29, 1.82) is 0 Å². The summed E-state index contributed by atoms with van der Waals surface area (Å²) in [4.78, 5) is 0. The molecule has 0 spiro atoms. The largest absolute Gasteiger partial charge is 0.491 e. The SMILES string of the molecule is CCCCCC(c1ccc(-c2cc(F)c(OC)c(F)c2F)cc1)C(F)c1ccc2ccccc2c1. The maximum Gasteiger partial charge on any atom is 0.204 e. The summed E-state index contributed by atoms with van der Waals surface area (Å²) >= 11 is 0. The van der Waals surface area contributed by atoms with Gasteiger partial charge in [-0.05, 0) is 46.0 Å². The Bertz CT molecular complexity index is 1300. The van der Waals surface area contributed by atoms with Gasteiger partial charge in [0.2, 0.25) is 5.82 Å². The van der Waals surface area contributed by atoms with Crippen LogP contribution in [-0.4, -0.2) is 7.11 Å². The zero-order valence-electron chi connectivity index (χ0n) is 19.8. The zero-order valence-corrected chi connectivity index (χ0v) is 19.8. The lowest BCUT2D eigenvalue weighted by molar-refractivity contribution is 0.273. The molecule has 4 aromatic rings. The van der Waals surface area contributed by atoms with Gasteiger partial charge >= 0.3 is 0 Å². The molecule has 5 heteroatoms. The maximum atomic E-state index is 15.9. The zero-order chi connectivity index (χ0) is 24.9. The van der Waals surface area contributed by atoms with Crippen LogP contribution in [0, 0.1) is 17.5 Å². The van der Waals surface area contributed by atoms with Crippen molar-refractivity contribution in [3.63, 3.8) is 0 Å². The predicted molar refractivity (Wildman–Crippen MR) is 133 cm³/mol. The topological polar surface area (TPSA) is 9.23 Å². The smallest absolute Gasteiger partial charge is 0.204 e. The fraction of sp³-hybridized carbons (Fsp3) is 0.267. The van der Waals surface area contributed by atoms with Crippen molar-refractivity contribution in [2.75, 3.05) is 7.11 Å². The first-order valence-electron chi connectivity index (χ1n) is 11.9. The van der Waals surface area contributed by atoms with Gasteiger partial charge in [-0.3, -0.25) is 0 Å². The molecule has 0 aliphatic carbocycles. The van der Waals surface area contributed by atoms with Crippen molar-refractivity contribution in [3.05, 3.63) is 101 Å². The molecule has 0 saturated heterocycles. The summed E-state index contributed by atoms with van der Waals surface area (Å²) in [6.07, 6.45) is 2.32. The lowest BCUT2D eigenvalue weighted by atomic mass is 9.85. The molecule has 0 aliphatic heterocycles. The third kappa shape index (κ3) is 5.19. The van der Waals surface area contributed by atoms with Crippen LogP contribution in [0.15, 0.2) is 72.8 Å².